The standard InChI is InChI=1S/C10H11NO6/c1-5-2-6(4-17-5)9(14)11-7(10(15)16)3-8(12)13/h2,4,7H,3H2,1H3,(H,11,14)(H,12,13)(H,15,16)/t7-/m1/s1. The summed E-state index contributed by atoms with van der Waals surface area (Å²) in [6.07, 6.45) is 0.488. The Morgan fingerprint density at radius 2 is 2.06 bits per heavy atom. The molecule has 1 atom stereocenters. The number of carboxylic acid groups (broad SMARTS) is 2. The molecule has 7 heteroatoms. The summed E-state index contributed by atoms with van der Waals surface area (Å²) in [6, 6.07) is -0.0372. The van der Waals surface area contributed by atoms with E-state index in [-0.39, 0.29) is 5.56 Å². The van der Waals surface area contributed by atoms with Gasteiger partial charge >= 0.3 is 11.9 Å². The molecule has 7 nitrogen and oxygen atoms in total. The highest BCUT2D eigenvalue weighted by molar-refractivity contribution is 5.97. The zero-order valence-electron chi connectivity index (χ0n) is 8.97. The molecule has 92 valence electrons. The van der Waals surface area contributed by atoms with Gasteiger partial charge in [-0.25, -0.2) is 4.79 Å². The number of carboxylic acids is 2. The highest BCUT2D eigenvalue weighted by atomic mass is 16.4. The van der Waals surface area contributed by atoms with Crippen molar-refractivity contribution in [3.63, 3.8) is 0 Å². The molecule has 0 bridgehead atoms. The van der Waals surface area contributed by atoms with E-state index in [1.165, 1.54) is 12.3 Å². The molecular formula is C10H11NO6. The minimum atomic E-state index is -1.46. The number of hydrogen-bond acceptors (Lipinski definition) is 4. The first-order chi connectivity index (χ1) is 7.90. The van der Waals surface area contributed by atoms with E-state index in [9.17, 15) is 14.4 Å². The van der Waals surface area contributed by atoms with Crippen molar-refractivity contribution in [2.24, 2.45) is 0 Å². The van der Waals surface area contributed by atoms with Crippen molar-refractivity contribution in [2.75, 3.05) is 0 Å². The molecule has 1 aromatic rings. The summed E-state index contributed by atoms with van der Waals surface area (Å²) in [5, 5.41) is 19.3. The lowest BCUT2D eigenvalue weighted by atomic mass is 10.2. The van der Waals surface area contributed by atoms with Gasteiger partial charge < -0.3 is 19.9 Å². The Bertz CT molecular complexity index is 449. The van der Waals surface area contributed by atoms with Gasteiger partial charge in [0.25, 0.3) is 5.91 Å². The second-order valence-electron chi connectivity index (χ2n) is 3.41. The molecular weight excluding hydrogens is 230 g/mol. The second-order valence-corrected chi connectivity index (χ2v) is 3.41. The van der Waals surface area contributed by atoms with Crippen LogP contribution >= 0.6 is 0 Å². The monoisotopic (exact) mass is 241 g/mol. The predicted molar refractivity (Wildman–Crippen MR) is 54.6 cm³/mol. The Kier molecular flexibility index (Phi) is 3.86. The summed E-state index contributed by atoms with van der Waals surface area (Å²) in [7, 11) is 0. The molecule has 1 heterocycles. The molecule has 1 amide bonds. The number of amides is 1. The van der Waals surface area contributed by atoms with Crippen LogP contribution in [0.15, 0.2) is 16.7 Å². The fourth-order valence-electron chi connectivity index (χ4n) is 1.18. The first kappa shape index (κ1) is 12.8. The van der Waals surface area contributed by atoms with Gasteiger partial charge in [0.1, 0.15) is 18.1 Å². The van der Waals surface area contributed by atoms with Crippen molar-refractivity contribution in [2.45, 2.75) is 19.4 Å². The highest BCUT2D eigenvalue weighted by Crippen LogP contribution is 2.06. The van der Waals surface area contributed by atoms with Crippen LogP contribution in [0.1, 0.15) is 22.5 Å². The Morgan fingerprint density at radius 1 is 1.41 bits per heavy atom. The normalized spacial score (nSPS) is 11.8. The summed E-state index contributed by atoms with van der Waals surface area (Å²) in [5.41, 5.74) is 0.152. The molecule has 0 saturated heterocycles. The third-order valence-electron chi connectivity index (χ3n) is 1.97. The third kappa shape index (κ3) is 3.63. The largest absolute Gasteiger partial charge is 0.481 e. The molecule has 3 N–H and O–H groups in total. The average Bonchev–Trinajstić information content (AvgIpc) is 2.63. The molecule has 1 aromatic heterocycles. The number of aliphatic carboxylic acids is 2. The molecule has 0 aliphatic rings. The molecule has 0 aromatic carbocycles. The molecule has 0 spiro atoms. The van der Waals surface area contributed by atoms with Crippen LogP contribution in [0, 0.1) is 6.92 Å². The fraction of sp³-hybridized carbons (Fsp3) is 0.300. The topological polar surface area (TPSA) is 117 Å². The van der Waals surface area contributed by atoms with E-state index >= 15 is 0 Å². The van der Waals surface area contributed by atoms with Crippen molar-refractivity contribution in [3.8, 4) is 0 Å². The molecule has 0 aliphatic carbocycles. The van der Waals surface area contributed by atoms with Crippen LogP contribution in [-0.4, -0.2) is 34.1 Å². The maximum atomic E-state index is 11.5. The van der Waals surface area contributed by atoms with Crippen molar-refractivity contribution in [1.29, 1.82) is 0 Å². The van der Waals surface area contributed by atoms with Crippen molar-refractivity contribution >= 4 is 17.8 Å². The molecule has 0 fully saturated rings. The third-order valence-corrected chi connectivity index (χ3v) is 1.97. The Hall–Kier alpha value is -2.31. The summed E-state index contributed by atoms with van der Waals surface area (Å²) in [6.45, 7) is 1.63. The van der Waals surface area contributed by atoms with Gasteiger partial charge in [0, 0.05) is 0 Å². The maximum absolute atomic E-state index is 11.5. The average molecular weight is 241 g/mol. The molecule has 0 unspecified atom stereocenters. The zero-order valence-corrected chi connectivity index (χ0v) is 8.97. The fourth-order valence-corrected chi connectivity index (χ4v) is 1.18. The number of aryl methyl sites for hydroxylation is 1. The quantitative estimate of drug-likeness (QED) is 0.680. The number of carbonyl (C=O) groups is 3. The predicted octanol–water partition coefficient (Wildman–Crippen LogP) is 0.246. The maximum Gasteiger partial charge on any atom is 0.326 e. The van der Waals surface area contributed by atoms with E-state index < -0.39 is 30.3 Å². The summed E-state index contributed by atoms with van der Waals surface area (Å²) in [4.78, 5) is 32.6. The van der Waals surface area contributed by atoms with Crippen LogP contribution in [-0.2, 0) is 9.59 Å². The van der Waals surface area contributed by atoms with E-state index in [0.29, 0.717) is 5.76 Å². The Balaban J connectivity index is 2.70. The molecule has 0 saturated carbocycles. The van der Waals surface area contributed by atoms with Gasteiger partial charge in [-0.15, -0.1) is 0 Å². The lowest BCUT2D eigenvalue weighted by Gasteiger charge is -2.11. The lowest BCUT2D eigenvalue weighted by molar-refractivity contribution is -0.145. The number of rotatable bonds is 5. The number of furan rings is 1. The van der Waals surface area contributed by atoms with Crippen LogP contribution in [0.3, 0.4) is 0 Å². The van der Waals surface area contributed by atoms with E-state index in [1.807, 2.05) is 0 Å². The van der Waals surface area contributed by atoms with Gasteiger partial charge in [-0.05, 0) is 13.0 Å². The molecule has 17 heavy (non-hydrogen) atoms. The summed E-state index contributed by atoms with van der Waals surface area (Å²) < 4.78 is 4.88. The van der Waals surface area contributed by atoms with Gasteiger partial charge in [-0.3, -0.25) is 9.59 Å². The molecule has 0 aliphatic heterocycles. The highest BCUT2D eigenvalue weighted by Gasteiger charge is 2.24. The van der Waals surface area contributed by atoms with Crippen LogP contribution in [0.4, 0.5) is 0 Å². The van der Waals surface area contributed by atoms with E-state index in [0.717, 1.165) is 0 Å². The van der Waals surface area contributed by atoms with E-state index in [1.54, 1.807) is 6.92 Å². The van der Waals surface area contributed by atoms with Gasteiger partial charge in [0.2, 0.25) is 0 Å². The van der Waals surface area contributed by atoms with E-state index in [2.05, 4.69) is 5.32 Å². The van der Waals surface area contributed by atoms with Crippen LogP contribution in [0.5, 0.6) is 0 Å². The zero-order chi connectivity index (χ0) is 13.0. The van der Waals surface area contributed by atoms with Crippen molar-refractivity contribution < 1.29 is 29.0 Å². The summed E-state index contributed by atoms with van der Waals surface area (Å²) in [5.74, 6) is -2.89. The van der Waals surface area contributed by atoms with E-state index in [4.69, 9.17) is 14.6 Å². The minimum Gasteiger partial charge on any atom is -0.481 e. The number of hydrogen-bond donors (Lipinski definition) is 3. The van der Waals surface area contributed by atoms with Gasteiger partial charge in [-0.2, -0.15) is 0 Å². The smallest absolute Gasteiger partial charge is 0.326 e. The van der Waals surface area contributed by atoms with Crippen LogP contribution < -0.4 is 5.32 Å². The minimum absolute atomic E-state index is 0.152. The second kappa shape index (κ2) is 5.15. The first-order valence-electron chi connectivity index (χ1n) is 4.70. The molecule has 0 radical (unpaired) electrons. The molecule has 1 rings (SSSR count). The number of carbonyl (C=O) groups excluding carboxylic acids is 1. The SMILES string of the molecule is Cc1cc(C(=O)N[C@H](CC(=O)O)C(=O)O)co1. The lowest BCUT2D eigenvalue weighted by Crippen LogP contribution is -2.42. The van der Waals surface area contributed by atoms with Crippen molar-refractivity contribution in [1.82, 2.24) is 5.32 Å². The van der Waals surface area contributed by atoms with Crippen molar-refractivity contribution in [3.05, 3.63) is 23.7 Å². The van der Waals surface area contributed by atoms with Gasteiger partial charge in [0.15, 0.2) is 0 Å². The summed E-state index contributed by atoms with van der Waals surface area (Å²) >= 11 is 0. The Labute approximate surface area is 96.0 Å². The van der Waals surface area contributed by atoms with Crippen LogP contribution in [0.25, 0.3) is 0 Å². The first-order valence-corrected chi connectivity index (χ1v) is 4.70. The van der Waals surface area contributed by atoms with Gasteiger partial charge in [-0.1, -0.05) is 0 Å². The Morgan fingerprint density at radius 3 is 2.47 bits per heavy atom. The van der Waals surface area contributed by atoms with Gasteiger partial charge in [0.05, 0.1) is 12.0 Å². The van der Waals surface area contributed by atoms with Crippen LogP contribution in [0.2, 0.25) is 0 Å². The number of nitrogens with one attached hydrogen (secondary N) is 1.